The van der Waals surface area contributed by atoms with Gasteiger partial charge in [0.2, 0.25) is 21.8 Å². The lowest BCUT2D eigenvalue weighted by atomic mass is 10.1. The maximum atomic E-state index is 12.7. The number of rotatable bonds is 8. The van der Waals surface area contributed by atoms with Crippen LogP contribution in [0, 0.1) is 5.41 Å². The third kappa shape index (κ3) is 5.84. The van der Waals surface area contributed by atoms with Crippen LogP contribution in [0.5, 0.6) is 0 Å². The average Bonchev–Trinajstić information content (AvgIpc) is 3.26. The Kier molecular flexibility index (Phi) is 7.49. The van der Waals surface area contributed by atoms with E-state index in [-0.39, 0.29) is 28.2 Å². The molecule has 11 heteroatoms. The monoisotopic (exact) mass is 477 g/mol. The van der Waals surface area contributed by atoms with Gasteiger partial charge in [0.15, 0.2) is 0 Å². The zero-order valence-corrected chi connectivity index (χ0v) is 18.7. The predicted octanol–water partition coefficient (Wildman–Crippen LogP) is 1.21. The van der Waals surface area contributed by atoms with Gasteiger partial charge in [0.25, 0.3) is 0 Å². The zero-order chi connectivity index (χ0) is 23.3. The second-order valence-electron chi connectivity index (χ2n) is 7.36. The van der Waals surface area contributed by atoms with Gasteiger partial charge in [0.1, 0.15) is 11.9 Å². The summed E-state index contributed by atoms with van der Waals surface area (Å²) in [7, 11) is -3.91. The molecule has 1 aliphatic rings. The largest absolute Gasteiger partial charge is 0.384 e. The van der Waals surface area contributed by atoms with Crippen LogP contribution in [-0.2, 0) is 26.2 Å². The predicted molar refractivity (Wildman–Crippen MR) is 121 cm³/mol. The first-order chi connectivity index (χ1) is 15.2. The second kappa shape index (κ2) is 10.1. The molecule has 0 aromatic heterocycles. The number of likely N-dealkylation sites (tertiary alicyclic amines) is 1. The summed E-state index contributed by atoms with van der Waals surface area (Å²) in [6, 6.07) is 12.0. The number of carbonyl (C=O) groups excluding carboxylic acids is 2. The maximum absolute atomic E-state index is 12.7. The number of amidine groups is 1. The number of halogens is 1. The van der Waals surface area contributed by atoms with E-state index in [4.69, 9.17) is 22.7 Å². The van der Waals surface area contributed by atoms with E-state index in [1.165, 1.54) is 23.1 Å². The van der Waals surface area contributed by atoms with E-state index in [1.54, 1.807) is 30.3 Å². The molecule has 2 amide bonds. The number of nitrogens with zero attached hydrogens (tertiary/aromatic N) is 1. The molecule has 170 valence electrons. The highest BCUT2D eigenvalue weighted by molar-refractivity contribution is 7.89. The average molecular weight is 478 g/mol. The Morgan fingerprint density at radius 1 is 1.19 bits per heavy atom. The SMILES string of the molecule is N=C(N)c1ccc(CNC(=O)[C@@H]2CCCN2C(=O)CNS(=O)(=O)c2cccc(Cl)c2)cc1. The molecule has 0 spiro atoms. The summed E-state index contributed by atoms with van der Waals surface area (Å²) in [6.45, 7) is 0.186. The van der Waals surface area contributed by atoms with E-state index in [2.05, 4.69) is 10.0 Å². The molecule has 1 atom stereocenters. The normalized spacial score (nSPS) is 16.0. The Hall–Kier alpha value is -2.95. The third-order valence-electron chi connectivity index (χ3n) is 5.13. The lowest BCUT2D eigenvalue weighted by Gasteiger charge is -2.24. The molecule has 0 saturated carbocycles. The molecule has 1 aliphatic heterocycles. The lowest BCUT2D eigenvalue weighted by Crippen LogP contribution is -2.48. The number of amides is 2. The molecule has 2 aromatic rings. The van der Waals surface area contributed by atoms with Crippen LogP contribution in [-0.4, -0.2) is 50.1 Å². The molecule has 1 fully saturated rings. The summed E-state index contributed by atoms with van der Waals surface area (Å²) in [6.07, 6.45) is 1.15. The summed E-state index contributed by atoms with van der Waals surface area (Å²) in [4.78, 5) is 26.7. The van der Waals surface area contributed by atoms with E-state index in [9.17, 15) is 18.0 Å². The van der Waals surface area contributed by atoms with Gasteiger partial charge in [-0.3, -0.25) is 15.0 Å². The number of benzene rings is 2. The van der Waals surface area contributed by atoms with Crippen molar-refractivity contribution in [2.75, 3.05) is 13.1 Å². The second-order valence-corrected chi connectivity index (χ2v) is 9.56. The molecule has 0 bridgehead atoms. The van der Waals surface area contributed by atoms with E-state index < -0.39 is 28.5 Å². The van der Waals surface area contributed by atoms with E-state index >= 15 is 0 Å². The molecule has 0 unspecified atom stereocenters. The van der Waals surface area contributed by atoms with Crippen molar-refractivity contribution in [1.82, 2.24) is 14.9 Å². The summed E-state index contributed by atoms with van der Waals surface area (Å²) >= 11 is 5.84. The first-order valence-corrected chi connectivity index (χ1v) is 11.8. The Morgan fingerprint density at radius 3 is 2.56 bits per heavy atom. The number of nitrogens with two attached hydrogens (primary N) is 1. The molecular weight excluding hydrogens is 454 g/mol. The molecule has 0 aliphatic carbocycles. The third-order valence-corrected chi connectivity index (χ3v) is 6.76. The summed E-state index contributed by atoms with van der Waals surface area (Å²) in [5, 5.41) is 10.5. The van der Waals surface area contributed by atoms with Gasteiger partial charge in [0.05, 0.1) is 11.4 Å². The van der Waals surface area contributed by atoms with Gasteiger partial charge in [-0.05, 0) is 36.6 Å². The van der Waals surface area contributed by atoms with Crippen molar-refractivity contribution in [3.63, 3.8) is 0 Å². The highest BCUT2D eigenvalue weighted by atomic mass is 35.5. The van der Waals surface area contributed by atoms with Crippen molar-refractivity contribution in [3.8, 4) is 0 Å². The first kappa shape index (κ1) is 23.7. The summed E-state index contributed by atoms with van der Waals surface area (Å²) in [5.41, 5.74) is 6.85. The number of hydrogen-bond acceptors (Lipinski definition) is 5. The van der Waals surface area contributed by atoms with Crippen molar-refractivity contribution < 1.29 is 18.0 Å². The summed E-state index contributed by atoms with van der Waals surface area (Å²) in [5.74, 6) is -0.810. The van der Waals surface area contributed by atoms with Gasteiger partial charge in [-0.2, -0.15) is 0 Å². The van der Waals surface area contributed by atoms with Gasteiger partial charge >= 0.3 is 0 Å². The van der Waals surface area contributed by atoms with Gasteiger partial charge in [-0.25, -0.2) is 13.1 Å². The quantitative estimate of drug-likeness (QED) is 0.333. The van der Waals surface area contributed by atoms with Crippen LogP contribution in [0.15, 0.2) is 53.4 Å². The number of hydrogen-bond donors (Lipinski definition) is 4. The maximum Gasteiger partial charge on any atom is 0.243 e. The van der Waals surface area contributed by atoms with Crippen LogP contribution < -0.4 is 15.8 Å². The van der Waals surface area contributed by atoms with Gasteiger partial charge in [-0.1, -0.05) is 41.9 Å². The molecule has 0 radical (unpaired) electrons. The van der Waals surface area contributed by atoms with Crippen LogP contribution in [0.3, 0.4) is 0 Å². The smallest absolute Gasteiger partial charge is 0.243 e. The van der Waals surface area contributed by atoms with Crippen LogP contribution >= 0.6 is 11.6 Å². The molecule has 1 saturated heterocycles. The molecule has 5 N–H and O–H groups in total. The van der Waals surface area contributed by atoms with Gasteiger partial charge < -0.3 is 16.0 Å². The van der Waals surface area contributed by atoms with Gasteiger partial charge in [-0.15, -0.1) is 0 Å². The topological polar surface area (TPSA) is 145 Å². The fraction of sp³-hybridized carbons (Fsp3) is 0.286. The minimum absolute atomic E-state index is 0.0355. The highest BCUT2D eigenvalue weighted by Crippen LogP contribution is 2.19. The fourth-order valence-corrected chi connectivity index (χ4v) is 4.70. The van der Waals surface area contributed by atoms with E-state index in [0.29, 0.717) is 24.9 Å². The van der Waals surface area contributed by atoms with Crippen molar-refractivity contribution in [3.05, 3.63) is 64.7 Å². The van der Waals surface area contributed by atoms with Gasteiger partial charge in [0, 0.05) is 23.7 Å². The van der Waals surface area contributed by atoms with Crippen molar-refractivity contribution >= 4 is 39.3 Å². The van der Waals surface area contributed by atoms with E-state index in [0.717, 1.165) is 5.56 Å². The van der Waals surface area contributed by atoms with Crippen molar-refractivity contribution in [1.29, 1.82) is 5.41 Å². The number of nitrogens with one attached hydrogen (secondary N) is 3. The number of nitrogen functional groups attached to an aromatic ring is 1. The molecule has 32 heavy (non-hydrogen) atoms. The fourth-order valence-electron chi connectivity index (χ4n) is 3.42. The summed E-state index contributed by atoms with van der Waals surface area (Å²) < 4.78 is 27.1. The highest BCUT2D eigenvalue weighted by Gasteiger charge is 2.34. The zero-order valence-electron chi connectivity index (χ0n) is 17.2. The molecule has 9 nitrogen and oxygen atoms in total. The molecular formula is C21H24ClN5O4S. The minimum Gasteiger partial charge on any atom is -0.384 e. The molecule has 3 rings (SSSR count). The van der Waals surface area contributed by atoms with Crippen molar-refractivity contribution in [2.45, 2.75) is 30.3 Å². The molecule has 1 heterocycles. The Labute approximate surface area is 191 Å². The van der Waals surface area contributed by atoms with Crippen LogP contribution in [0.25, 0.3) is 0 Å². The van der Waals surface area contributed by atoms with Crippen LogP contribution in [0.4, 0.5) is 0 Å². The lowest BCUT2D eigenvalue weighted by molar-refractivity contribution is -0.137. The Balaban J connectivity index is 1.56. The number of sulfonamides is 1. The van der Waals surface area contributed by atoms with Crippen LogP contribution in [0.1, 0.15) is 24.0 Å². The standard InChI is InChI=1S/C21H24ClN5O4S/c22-16-3-1-4-17(11-16)32(30,31)26-13-19(28)27-10-2-5-18(27)21(29)25-12-14-6-8-15(9-7-14)20(23)24/h1,3-4,6-9,11,18,26H,2,5,10,12-13H2,(H3,23,24)(H,25,29)/t18-/m0/s1. The van der Waals surface area contributed by atoms with E-state index in [1.807, 2.05) is 0 Å². The minimum atomic E-state index is -3.91. The van der Waals surface area contributed by atoms with Crippen LogP contribution in [0.2, 0.25) is 5.02 Å². The first-order valence-electron chi connectivity index (χ1n) is 9.93. The number of carbonyl (C=O) groups is 2. The Bertz CT molecular complexity index is 1120. The molecule has 2 aromatic carbocycles. The Morgan fingerprint density at radius 2 is 1.91 bits per heavy atom. The van der Waals surface area contributed by atoms with Crippen molar-refractivity contribution in [2.24, 2.45) is 5.73 Å².